The molecule has 1 aromatic carbocycles. The van der Waals surface area contributed by atoms with E-state index in [1.165, 1.54) is 6.07 Å². The van der Waals surface area contributed by atoms with Gasteiger partial charge < -0.3 is 9.47 Å². The molecule has 116 valence electrons. The summed E-state index contributed by atoms with van der Waals surface area (Å²) in [5.74, 6) is -0.817. The third kappa shape index (κ3) is 4.02. The molecule has 0 aromatic heterocycles. The summed E-state index contributed by atoms with van der Waals surface area (Å²) < 4.78 is 33.1. The summed E-state index contributed by atoms with van der Waals surface area (Å²) in [5.41, 5.74) is -0.224. The molecular formula is C12H11Cl3O5S. The monoisotopic (exact) mass is 372 g/mol. The maximum atomic E-state index is 12.0. The van der Waals surface area contributed by atoms with Crippen molar-refractivity contribution >= 4 is 48.9 Å². The van der Waals surface area contributed by atoms with Gasteiger partial charge in [0.15, 0.2) is 0 Å². The lowest BCUT2D eigenvalue weighted by molar-refractivity contribution is 0.0161. The Morgan fingerprint density at radius 2 is 2.10 bits per heavy atom. The van der Waals surface area contributed by atoms with Crippen LogP contribution in [0.25, 0.3) is 0 Å². The number of esters is 1. The maximum Gasteiger partial charge on any atom is 0.341 e. The second-order valence-corrected chi connectivity index (χ2v) is 7.73. The number of hydrogen-bond donors (Lipinski definition) is 0. The number of carbonyl (C=O) groups excluding carboxylic acids is 1. The van der Waals surface area contributed by atoms with E-state index in [4.69, 9.17) is 43.4 Å². The molecule has 9 heteroatoms. The van der Waals surface area contributed by atoms with Crippen molar-refractivity contribution in [1.82, 2.24) is 0 Å². The fourth-order valence-electron chi connectivity index (χ4n) is 1.93. The molecule has 1 fully saturated rings. The van der Waals surface area contributed by atoms with Gasteiger partial charge in [0, 0.05) is 17.3 Å². The van der Waals surface area contributed by atoms with Crippen molar-refractivity contribution in [1.29, 1.82) is 0 Å². The molecule has 1 atom stereocenters. The molecular weight excluding hydrogens is 363 g/mol. The first-order chi connectivity index (χ1) is 9.80. The summed E-state index contributed by atoms with van der Waals surface area (Å²) >= 11 is 11.8. The second kappa shape index (κ2) is 6.71. The minimum absolute atomic E-state index is 0.0126. The van der Waals surface area contributed by atoms with Crippen LogP contribution in [0.5, 0.6) is 0 Å². The average Bonchev–Trinajstić information content (AvgIpc) is 2.87. The first-order valence-electron chi connectivity index (χ1n) is 6.02. The van der Waals surface area contributed by atoms with Crippen molar-refractivity contribution in [2.75, 3.05) is 13.2 Å². The molecule has 1 saturated heterocycles. The minimum Gasteiger partial charge on any atom is -0.459 e. The highest BCUT2D eigenvalue weighted by Gasteiger charge is 2.26. The zero-order valence-electron chi connectivity index (χ0n) is 10.6. The Bertz CT molecular complexity index is 653. The lowest BCUT2D eigenvalue weighted by Gasteiger charge is -2.12. The van der Waals surface area contributed by atoms with Crippen molar-refractivity contribution < 1.29 is 22.7 Å². The summed E-state index contributed by atoms with van der Waals surface area (Å²) in [7, 11) is 1.16. The lowest BCUT2D eigenvalue weighted by Crippen LogP contribution is -2.18. The van der Waals surface area contributed by atoms with Crippen molar-refractivity contribution in [3.05, 3.63) is 27.7 Å². The third-order valence-electron chi connectivity index (χ3n) is 2.95. The average molecular weight is 374 g/mol. The van der Waals surface area contributed by atoms with Gasteiger partial charge >= 0.3 is 5.97 Å². The Kier molecular flexibility index (Phi) is 5.38. The van der Waals surface area contributed by atoms with Gasteiger partial charge in [0.2, 0.25) is 0 Å². The van der Waals surface area contributed by atoms with E-state index < -0.39 is 15.0 Å². The fourth-order valence-corrected chi connectivity index (χ4v) is 3.81. The van der Waals surface area contributed by atoms with Crippen LogP contribution in [0.3, 0.4) is 0 Å². The highest BCUT2D eigenvalue weighted by atomic mass is 35.7. The quantitative estimate of drug-likeness (QED) is 0.598. The highest BCUT2D eigenvalue weighted by Crippen LogP contribution is 2.33. The smallest absolute Gasteiger partial charge is 0.341 e. The molecule has 1 aliphatic heterocycles. The van der Waals surface area contributed by atoms with Gasteiger partial charge in [-0.3, -0.25) is 0 Å². The fraction of sp³-hybridized carbons (Fsp3) is 0.417. The Morgan fingerprint density at radius 1 is 1.38 bits per heavy atom. The van der Waals surface area contributed by atoms with Crippen LogP contribution >= 0.6 is 33.9 Å². The van der Waals surface area contributed by atoms with E-state index in [9.17, 15) is 13.2 Å². The largest absolute Gasteiger partial charge is 0.459 e. The number of rotatable bonds is 4. The molecule has 0 spiro atoms. The van der Waals surface area contributed by atoms with Gasteiger partial charge in [0.25, 0.3) is 9.05 Å². The van der Waals surface area contributed by atoms with E-state index >= 15 is 0 Å². The van der Waals surface area contributed by atoms with Crippen LogP contribution in [-0.4, -0.2) is 33.7 Å². The molecule has 1 aliphatic rings. The Balaban J connectivity index is 2.23. The van der Waals surface area contributed by atoms with Crippen molar-refractivity contribution in [2.45, 2.75) is 23.8 Å². The Morgan fingerprint density at radius 3 is 2.67 bits per heavy atom. The lowest BCUT2D eigenvalue weighted by atomic mass is 10.2. The van der Waals surface area contributed by atoms with Crippen molar-refractivity contribution in [3.63, 3.8) is 0 Å². The van der Waals surface area contributed by atoms with Crippen LogP contribution in [0.1, 0.15) is 23.2 Å². The molecule has 5 nitrogen and oxygen atoms in total. The molecule has 1 unspecified atom stereocenters. The van der Waals surface area contributed by atoms with Crippen LogP contribution in [0.15, 0.2) is 17.0 Å². The van der Waals surface area contributed by atoms with Gasteiger partial charge in [-0.1, -0.05) is 23.2 Å². The van der Waals surface area contributed by atoms with Gasteiger partial charge in [-0.25, -0.2) is 13.2 Å². The maximum absolute atomic E-state index is 12.0. The van der Waals surface area contributed by atoms with Crippen LogP contribution in [-0.2, 0) is 18.5 Å². The number of ether oxygens (including phenoxy) is 2. The topological polar surface area (TPSA) is 69.7 Å². The van der Waals surface area contributed by atoms with E-state index in [-0.39, 0.29) is 33.2 Å². The predicted octanol–water partition coefficient (Wildman–Crippen LogP) is 3.26. The molecule has 0 N–H and O–H groups in total. The van der Waals surface area contributed by atoms with Crippen molar-refractivity contribution in [2.24, 2.45) is 0 Å². The summed E-state index contributed by atoms with van der Waals surface area (Å²) in [5, 5.41) is -0.365. The SMILES string of the molecule is O=C(OCC1CCCO1)c1c(Cl)ccc(S(=O)(=O)Cl)c1Cl. The zero-order chi connectivity index (χ0) is 15.6. The number of carbonyl (C=O) groups is 1. The summed E-state index contributed by atoms with van der Waals surface area (Å²) in [6.45, 7) is 0.688. The first kappa shape index (κ1) is 16.8. The molecule has 0 aliphatic carbocycles. The first-order valence-corrected chi connectivity index (χ1v) is 9.08. The van der Waals surface area contributed by atoms with E-state index in [2.05, 4.69) is 0 Å². The van der Waals surface area contributed by atoms with Crippen LogP contribution in [0.4, 0.5) is 0 Å². The van der Waals surface area contributed by atoms with Gasteiger partial charge in [0.05, 0.1) is 21.7 Å². The molecule has 0 bridgehead atoms. The molecule has 2 rings (SSSR count). The van der Waals surface area contributed by atoms with Gasteiger partial charge in [-0.05, 0) is 25.0 Å². The van der Waals surface area contributed by atoms with E-state index in [0.29, 0.717) is 6.61 Å². The summed E-state index contributed by atoms with van der Waals surface area (Å²) in [6.07, 6.45) is 1.54. The van der Waals surface area contributed by atoms with Crippen LogP contribution in [0.2, 0.25) is 10.0 Å². The second-order valence-electron chi connectivity index (χ2n) is 4.41. The molecule has 1 aromatic rings. The van der Waals surface area contributed by atoms with Gasteiger partial charge in [-0.2, -0.15) is 0 Å². The van der Waals surface area contributed by atoms with Crippen molar-refractivity contribution in [3.8, 4) is 0 Å². The van der Waals surface area contributed by atoms with Gasteiger partial charge in [-0.15, -0.1) is 0 Å². The van der Waals surface area contributed by atoms with E-state index in [0.717, 1.165) is 18.9 Å². The molecule has 0 amide bonds. The minimum atomic E-state index is -4.09. The molecule has 0 saturated carbocycles. The van der Waals surface area contributed by atoms with Gasteiger partial charge in [0.1, 0.15) is 11.5 Å². The normalized spacial score (nSPS) is 18.7. The van der Waals surface area contributed by atoms with Crippen LogP contribution < -0.4 is 0 Å². The van der Waals surface area contributed by atoms with E-state index in [1.807, 2.05) is 0 Å². The Labute approximate surface area is 136 Å². The third-order valence-corrected chi connectivity index (χ3v) is 5.13. The highest BCUT2D eigenvalue weighted by molar-refractivity contribution is 8.13. The zero-order valence-corrected chi connectivity index (χ0v) is 13.7. The summed E-state index contributed by atoms with van der Waals surface area (Å²) in [4.78, 5) is 11.6. The number of benzene rings is 1. The van der Waals surface area contributed by atoms with E-state index in [1.54, 1.807) is 0 Å². The number of hydrogen-bond acceptors (Lipinski definition) is 5. The summed E-state index contributed by atoms with van der Waals surface area (Å²) in [6, 6.07) is 2.36. The molecule has 1 heterocycles. The Hall–Kier alpha value is -0.530. The van der Waals surface area contributed by atoms with Crippen LogP contribution in [0, 0.1) is 0 Å². The molecule has 0 radical (unpaired) electrons. The predicted molar refractivity (Wildman–Crippen MR) is 78.8 cm³/mol. The number of halogens is 3. The molecule has 21 heavy (non-hydrogen) atoms. The standard InChI is InChI=1S/C12H11Cl3O5S/c13-8-3-4-9(21(15,17)18)11(14)10(8)12(16)20-6-7-2-1-5-19-7/h3-4,7H,1-2,5-6H2.